The molecule has 0 aliphatic carbocycles. The quantitative estimate of drug-likeness (QED) is 0.448. The van der Waals surface area contributed by atoms with Crippen molar-refractivity contribution in [3.05, 3.63) is 63.5 Å². The molecule has 0 spiro atoms. The lowest BCUT2D eigenvalue weighted by Gasteiger charge is -2.12. The SMILES string of the molecule is COc1cc(NC(=S)Nc2nn(Cc3c(F)cccc3Cl)cc2Br)cc(OC)c1. The Morgan fingerprint density at radius 3 is 2.52 bits per heavy atom. The van der Waals surface area contributed by atoms with Crippen molar-refractivity contribution >= 4 is 56.4 Å². The minimum atomic E-state index is -0.386. The molecule has 3 rings (SSSR count). The molecule has 0 fully saturated rings. The van der Waals surface area contributed by atoms with Gasteiger partial charge in [0.1, 0.15) is 17.3 Å². The summed E-state index contributed by atoms with van der Waals surface area (Å²) in [7, 11) is 3.14. The smallest absolute Gasteiger partial charge is 0.176 e. The van der Waals surface area contributed by atoms with Gasteiger partial charge in [0.2, 0.25) is 0 Å². The van der Waals surface area contributed by atoms with Crippen LogP contribution in [-0.2, 0) is 6.54 Å². The van der Waals surface area contributed by atoms with Crippen molar-refractivity contribution in [1.82, 2.24) is 9.78 Å². The molecule has 0 atom stereocenters. The molecule has 10 heteroatoms. The Balaban J connectivity index is 1.72. The highest BCUT2D eigenvalue weighted by molar-refractivity contribution is 9.10. The van der Waals surface area contributed by atoms with Crippen LogP contribution in [0.2, 0.25) is 5.02 Å². The molecule has 1 heterocycles. The number of hydrogen-bond acceptors (Lipinski definition) is 4. The average Bonchev–Trinajstić information content (AvgIpc) is 3.03. The van der Waals surface area contributed by atoms with E-state index in [1.54, 1.807) is 55.4 Å². The molecule has 0 saturated carbocycles. The number of anilines is 2. The van der Waals surface area contributed by atoms with E-state index in [0.29, 0.717) is 43.2 Å². The Hall–Kier alpha value is -2.36. The summed E-state index contributed by atoms with van der Waals surface area (Å²) < 4.78 is 26.7. The summed E-state index contributed by atoms with van der Waals surface area (Å²) in [5.41, 5.74) is 1.05. The van der Waals surface area contributed by atoms with Gasteiger partial charge in [0, 0.05) is 40.7 Å². The molecule has 29 heavy (non-hydrogen) atoms. The molecule has 0 aliphatic heterocycles. The number of nitrogens with one attached hydrogen (secondary N) is 2. The summed E-state index contributed by atoms with van der Waals surface area (Å²) in [6.45, 7) is 0.180. The number of thiocarbonyl (C=S) groups is 1. The van der Waals surface area contributed by atoms with Crippen LogP contribution in [0.5, 0.6) is 11.5 Å². The zero-order chi connectivity index (χ0) is 21.0. The fourth-order valence-electron chi connectivity index (χ4n) is 2.56. The van der Waals surface area contributed by atoms with Crippen LogP contribution in [0.25, 0.3) is 0 Å². The summed E-state index contributed by atoms with van der Waals surface area (Å²) in [5.74, 6) is 1.34. The maximum absolute atomic E-state index is 14.0. The highest BCUT2D eigenvalue weighted by atomic mass is 79.9. The number of nitrogens with zero attached hydrogens (tertiary/aromatic N) is 2. The summed E-state index contributed by atoms with van der Waals surface area (Å²) in [4.78, 5) is 0. The van der Waals surface area contributed by atoms with Gasteiger partial charge in [0.25, 0.3) is 0 Å². The van der Waals surface area contributed by atoms with E-state index < -0.39 is 0 Å². The van der Waals surface area contributed by atoms with Crippen LogP contribution in [0.1, 0.15) is 5.56 Å². The van der Waals surface area contributed by atoms with Crippen molar-refractivity contribution in [2.24, 2.45) is 0 Å². The molecule has 2 N–H and O–H groups in total. The molecule has 3 aromatic rings. The molecule has 2 aromatic carbocycles. The van der Waals surface area contributed by atoms with Gasteiger partial charge in [-0.15, -0.1) is 0 Å². The molecule has 0 aliphatic rings. The highest BCUT2D eigenvalue weighted by Crippen LogP contribution is 2.27. The largest absolute Gasteiger partial charge is 0.497 e. The summed E-state index contributed by atoms with van der Waals surface area (Å²) >= 11 is 14.9. The first-order chi connectivity index (χ1) is 13.9. The third-order valence-corrected chi connectivity index (χ3v) is 5.08. The first-order valence-electron chi connectivity index (χ1n) is 8.36. The predicted octanol–water partition coefficient (Wildman–Crippen LogP) is 5.31. The maximum atomic E-state index is 14.0. The standard InChI is InChI=1S/C19H17BrClFN4O2S/c1-27-12-6-11(7-13(8-12)28-2)23-19(29)24-18-15(20)10-26(25-18)9-14-16(21)4-3-5-17(14)22/h3-8,10H,9H2,1-2H3,(H2,23,24,25,29). The van der Waals surface area contributed by atoms with Crippen molar-refractivity contribution < 1.29 is 13.9 Å². The van der Waals surface area contributed by atoms with E-state index >= 15 is 0 Å². The number of halogens is 3. The predicted molar refractivity (Wildman–Crippen MR) is 120 cm³/mol. The maximum Gasteiger partial charge on any atom is 0.176 e. The van der Waals surface area contributed by atoms with Gasteiger partial charge in [-0.25, -0.2) is 4.39 Å². The monoisotopic (exact) mass is 498 g/mol. The second kappa shape index (κ2) is 9.43. The van der Waals surface area contributed by atoms with E-state index in [-0.39, 0.29) is 12.4 Å². The van der Waals surface area contributed by atoms with Gasteiger partial charge in [-0.2, -0.15) is 5.10 Å². The van der Waals surface area contributed by atoms with Gasteiger partial charge < -0.3 is 20.1 Å². The van der Waals surface area contributed by atoms with Crippen LogP contribution >= 0.6 is 39.7 Å². The lowest BCUT2D eigenvalue weighted by molar-refractivity contribution is 0.395. The Kier molecular flexibility index (Phi) is 6.94. The first-order valence-corrected chi connectivity index (χ1v) is 9.94. The zero-order valence-electron chi connectivity index (χ0n) is 15.5. The van der Waals surface area contributed by atoms with Crippen molar-refractivity contribution in [2.75, 3.05) is 24.9 Å². The van der Waals surface area contributed by atoms with E-state index in [2.05, 4.69) is 31.7 Å². The molecule has 0 amide bonds. The van der Waals surface area contributed by atoms with Gasteiger partial charge in [0.05, 0.1) is 25.2 Å². The average molecular weight is 500 g/mol. The van der Waals surface area contributed by atoms with Gasteiger partial charge in [-0.3, -0.25) is 4.68 Å². The Labute approximate surface area is 186 Å². The van der Waals surface area contributed by atoms with E-state index in [1.807, 2.05) is 0 Å². The molecule has 6 nitrogen and oxygen atoms in total. The first kappa shape index (κ1) is 21.4. The molecule has 0 saturated heterocycles. The number of rotatable bonds is 6. The minimum absolute atomic E-state index is 0.180. The Bertz CT molecular complexity index is 1000. The lowest BCUT2D eigenvalue weighted by Crippen LogP contribution is -2.20. The van der Waals surface area contributed by atoms with Crippen LogP contribution < -0.4 is 20.1 Å². The number of hydrogen-bond donors (Lipinski definition) is 2. The van der Waals surface area contributed by atoms with Gasteiger partial charge in [-0.05, 0) is 40.3 Å². The second-order valence-electron chi connectivity index (χ2n) is 5.90. The molecule has 0 unspecified atom stereocenters. The van der Waals surface area contributed by atoms with Crippen molar-refractivity contribution in [3.8, 4) is 11.5 Å². The summed E-state index contributed by atoms with van der Waals surface area (Å²) in [6, 6.07) is 9.88. The third-order valence-electron chi connectivity index (χ3n) is 3.94. The normalized spacial score (nSPS) is 10.5. The summed E-state index contributed by atoms with van der Waals surface area (Å²) in [5, 5.41) is 11.1. The number of ether oxygens (including phenoxy) is 2. The molecular weight excluding hydrogens is 483 g/mol. The topological polar surface area (TPSA) is 60.3 Å². The molecule has 152 valence electrons. The molecule has 1 aromatic heterocycles. The zero-order valence-corrected chi connectivity index (χ0v) is 18.7. The van der Waals surface area contributed by atoms with Crippen LogP contribution in [-0.4, -0.2) is 29.1 Å². The van der Waals surface area contributed by atoms with Crippen molar-refractivity contribution in [1.29, 1.82) is 0 Å². The fourth-order valence-corrected chi connectivity index (χ4v) is 3.41. The number of benzene rings is 2. The Morgan fingerprint density at radius 1 is 1.21 bits per heavy atom. The second-order valence-corrected chi connectivity index (χ2v) is 7.57. The Morgan fingerprint density at radius 2 is 1.90 bits per heavy atom. The van der Waals surface area contributed by atoms with Crippen LogP contribution in [0.3, 0.4) is 0 Å². The molecular formula is C19H17BrClFN4O2S. The van der Waals surface area contributed by atoms with E-state index in [0.717, 1.165) is 0 Å². The molecule has 0 bridgehead atoms. The summed E-state index contributed by atoms with van der Waals surface area (Å²) in [6.07, 6.45) is 1.71. The van der Waals surface area contributed by atoms with Crippen LogP contribution in [0, 0.1) is 5.82 Å². The number of aromatic nitrogens is 2. The van der Waals surface area contributed by atoms with E-state index in [9.17, 15) is 4.39 Å². The van der Waals surface area contributed by atoms with Crippen molar-refractivity contribution in [2.45, 2.75) is 6.54 Å². The van der Waals surface area contributed by atoms with Crippen molar-refractivity contribution in [3.63, 3.8) is 0 Å². The molecule has 0 radical (unpaired) electrons. The third kappa shape index (κ3) is 5.37. The van der Waals surface area contributed by atoms with Crippen LogP contribution in [0.15, 0.2) is 47.1 Å². The fraction of sp³-hybridized carbons (Fsp3) is 0.158. The van der Waals surface area contributed by atoms with E-state index in [1.165, 1.54) is 6.07 Å². The highest BCUT2D eigenvalue weighted by Gasteiger charge is 2.13. The minimum Gasteiger partial charge on any atom is -0.497 e. The van der Waals surface area contributed by atoms with Gasteiger partial charge in [0.15, 0.2) is 10.9 Å². The van der Waals surface area contributed by atoms with Gasteiger partial charge >= 0.3 is 0 Å². The number of methoxy groups -OCH3 is 2. The van der Waals surface area contributed by atoms with Crippen LogP contribution in [0.4, 0.5) is 15.9 Å². The van der Waals surface area contributed by atoms with Gasteiger partial charge in [-0.1, -0.05) is 17.7 Å². The lowest BCUT2D eigenvalue weighted by atomic mass is 10.2. The van der Waals surface area contributed by atoms with E-state index in [4.69, 9.17) is 33.3 Å².